The minimum atomic E-state index is -0.249. The van der Waals surface area contributed by atoms with Gasteiger partial charge in [0.25, 0.3) is 5.91 Å². The molecule has 3 N–H and O–H groups in total. The number of ether oxygens (including phenoxy) is 1. The first-order chi connectivity index (χ1) is 10.5. The average molecular weight is 307 g/mol. The molecule has 0 aliphatic heterocycles. The minimum absolute atomic E-state index is 0.0438. The van der Waals surface area contributed by atoms with Gasteiger partial charge in [-0.25, -0.2) is 4.79 Å². The van der Waals surface area contributed by atoms with Gasteiger partial charge in [0.15, 0.2) is 6.61 Å². The second-order valence-electron chi connectivity index (χ2n) is 5.33. The molecule has 0 spiro atoms. The van der Waals surface area contributed by atoms with Gasteiger partial charge in [0.05, 0.1) is 0 Å². The fourth-order valence-corrected chi connectivity index (χ4v) is 1.71. The first-order valence-electron chi connectivity index (χ1n) is 7.55. The molecular weight excluding hydrogens is 282 g/mol. The molecule has 0 aliphatic carbocycles. The van der Waals surface area contributed by atoms with Crippen molar-refractivity contribution in [1.29, 1.82) is 0 Å². The summed E-state index contributed by atoms with van der Waals surface area (Å²) in [5.41, 5.74) is 0.621. The van der Waals surface area contributed by atoms with Crippen LogP contribution < -0.4 is 20.7 Å². The van der Waals surface area contributed by atoms with Crippen LogP contribution in [-0.4, -0.2) is 31.6 Å². The first-order valence-corrected chi connectivity index (χ1v) is 7.55. The summed E-state index contributed by atoms with van der Waals surface area (Å²) in [6.45, 7) is 7.22. The molecule has 6 heteroatoms. The Hall–Kier alpha value is -2.24. The van der Waals surface area contributed by atoms with E-state index >= 15 is 0 Å². The van der Waals surface area contributed by atoms with E-state index in [0.717, 1.165) is 6.42 Å². The zero-order valence-corrected chi connectivity index (χ0v) is 13.4. The van der Waals surface area contributed by atoms with Crippen molar-refractivity contribution < 1.29 is 14.3 Å². The maximum atomic E-state index is 11.7. The second-order valence-corrected chi connectivity index (χ2v) is 5.33. The maximum absolute atomic E-state index is 11.7. The summed E-state index contributed by atoms with van der Waals surface area (Å²) in [7, 11) is 0. The Morgan fingerprint density at radius 1 is 1.23 bits per heavy atom. The van der Waals surface area contributed by atoms with E-state index in [0.29, 0.717) is 30.4 Å². The number of amides is 3. The second kappa shape index (κ2) is 9.65. The number of nitrogens with one attached hydrogen (secondary N) is 3. The molecule has 0 bridgehead atoms. The molecule has 0 unspecified atom stereocenters. The molecule has 22 heavy (non-hydrogen) atoms. The van der Waals surface area contributed by atoms with Crippen molar-refractivity contribution in [2.45, 2.75) is 27.2 Å². The van der Waals surface area contributed by atoms with E-state index in [9.17, 15) is 9.59 Å². The minimum Gasteiger partial charge on any atom is -0.484 e. The van der Waals surface area contributed by atoms with Gasteiger partial charge >= 0.3 is 6.03 Å². The molecule has 0 heterocycles. The molecule has 3 amide bonds. The number of hydrogen-bond acceptors (Lipinski definition) is 3. The largest absolute Gasteiger partial charge is 0.484 e. The highest BCUT2D eigenvalue weighted by Crippen LogP contribution is 2.17. The third-order valence-corrected chi connectivity index (χ3v) is 2.84. The predicted octanol–water partition coefficient (Wildman–Crippen LogP) is 2.37. The lowest BCUT2D eigenvalue weighted by Crippen LogP contribution is -2.30. The summed E-state index contributed by atoms with van der Waals surface area (Å²) >= 11 is 0. The van der Waals surface area contributed by atoms with Crippen molar-refractivity contribution in [1.82, 2.24) is 10.6 Å². The number of anilines is 1. The van der Waals surface area contributed by atoms with Gasteiger partial charge < -0.3 is 20.7 Å². The molecule has 1 rings (SSSR count). The molecular formula is C16H25N3O3. The molecule has 1 aromatic rings. The Kier molecular flexibility index (Phi) is 7.81. The van der Waals surface area contributed by atoms with Gasteiger partial charge in [-0.15, -0.1) is 0 Å². The monoisotopic (exact) mass is 307 g/mol. The maximum Gasteiger partial charge on any atom is 0.319 e. The van der Waals surface area contributed by atoms with Crippen molar-refractivity contribution in [3.05, 3.63) is 24.3 Å². The highest BCUT2D eigenvalue weighted by molar-refractivity contribution is 5.89. The Morgan fingerprint density at radius 2 is 2.00 bits per heavy atom. The van der Waals surface area contributed by atoms with Crippen LogP contribution in [0.25, 0.3) is 0 Å². The lowest BCUT2D eigenvalue weighted by atomic mass is 10.1. The van der Waals surface area contributed by atoms with Crippen LogP contribution in [0.2, 0.25) is 0 Å². The van der Waals surface area contributed by atoms with Crippen LogP contribution >= 0.6 is 0 Å². The fourth-order valence-electron chi connectivity index (χ4n) is 1.71. The molecule has 0 aromatic heterocycles. The summed E-state index contributed by atoms with van der Waals surface area (Å²) in [5, 5.41) is 8.18. The van der Waals surface area contributed by atoms with E-state index < -0.39 is 0 Å². The molecule has 0 atom stereocenters. The number of benzene rings is 1. The average Bonchev–Trinajstić information content (AvgIpc) is 2.45. The predicted molar refractivity (Wildman–Crippen MR) is 87.1 cm³/mol. The summed E-state index contributed by atoms with van der Waals surface area (Å²) in [5.74, 6) is 0.907. The molecule has 122 valence electrons. The Bertz CT molecular complexity index is 489. The molecule has 1 aromatic carbocycles. The molecule has 6 nitrogen and oxygen atoms in total. The van der Waals surface area contributed by atoms with Crippen LogP contribution in [0.15, 0.2) is 24.3 Å². The third kappa shape index (κ3) is 7.52. The quantitative estimate of drug-likeness (QED) is 0.690. The van der Waals surface area contributed by atoms with Gasteiger partial charge in [0, 0.05) is 24.8 Å². The first kappa shape index (κ1) is 17.8. The van der Waals surface area contributed by atoms with Crippen LogP contribution in [-0.2, 0) is 4.79 Å². The van der Waals surface area contributed by atoms with Gasteiger partial charge in [0.1, 0.15) is 5.75 Å². The van der Waals surface area contributed by atoms with E-state index in [2.05, 4.69) is 29.8 Å². The summed E-state index contributed by atoms with van der Waals surface area (Å²) < 4.78 is 5.37. The number of hydrogen-bond donors (Lipinski definition) is 3. The molecule has 0 aliphatic rings. The number of likely N-dealkylation sites (N-methyl/N-ethyl adjacent to an activating group) is 1. The van der Waals surface area contributed by atoms with E-state index in [-0.39, 0.29) is 18.5 Å². The zero-order chi connectivity index (χ0) is 16.4. The fraction of sp³-hybridized carbons (Fsp3) is 0.500. The van der Waals surface area contributed by atoms with Crippen molar-refractivity contribution in [3.8, 4) is 5.75 Å². The smallest absolute Gasteiger partial charge is 0.319 e. The zero-order valence-electron chi connectivity index (χ0n) is 13.4. The molecule has 0 saturated carbocycles. The number of urea groups is 1. The van der Waals surface area contributed by atoms with Crippen molar-refractivity contribution in [2.75, 3.05) is 25.0 Å². The lowest BCUT2D eigenvalue weighted by molar-refractivity contribution is -0.122. The van der Waals surface area contributed by atoms with Gasteiger partial charge in [0.2, 0.25) is 0 Å². The number of rotatable bonds is 8. The van der Waals surface area contributed by atoms with Gasteiger partial charge in [-0.3, -0.25) is 4.79 Å². The topological polar surface area (TPSA) is 79.5 Å². The van der Waals surface area contributed by atoms with E-state index in [1.54, 1.807) is 24.3 Å². The summed E-state index contributed by atoms with van der Waals surface area (Å²) in [6.07, 6.45) is 0.934. The number of carbonyl (C=O) groups excluding carboxylic acids is 2. The Balaban J connectivity index is 2.43. The number of carbonyl (C=O) groups is 2. The van der Waals surface area contributed by atoms with E-state index in [4.69, 9.17) is 4.74 Å². The molecule has 0 fully saturated rings. The van der Waals surface area contributed by atoms with E-state index in [1.165, 1.54) is 0 Å². The highest BCUT2D eigenvalue weighted by atomic mass is 16.5. The third-order valence-electron chi connectivity index (χ3n) is 2.84. The van der Waals surface area contributed by atoms with E-state index in [1.807, 2.05) is 6.92 Å². The summed E-state index contributed by atoms with van der Waals surface area (Å²) in [6, 6.07) is 6.70. The lowest BCUT2D eigenvalue weighted by Gasteiger charge is -2.10. The SMILES string of the molecule is CCNC(=O)COc1cccc(NC(=O)NCCC(C)C)c1. The standard InChI is InChI=1S/C16H25N3O3/c1-4-17-15(20)11-22-14-7-5-6-13(10-14)19-16(21)18-9-8-12(2)3/h5-7,10,12H,4,8-9,11H2,1-3H3,(H,17,20)(H2,18,19,21). The van der Waals surface area contributed by atoms with Crippen LogP contribution in [0.3, 0.4) is 0 Å². The van der Waals surface area contributed by atoms with Gasteiger partial charge in [-0.1, -0.05) is 19.9 Å². The van der Waals surface area contributed by atoms with Gasteiger partial charge in [-0.2, -0.15) is 0 Å². The van der Waals surface area contributed by atoms with Crippen LogP contribution in [0.1, 0.15) is 27.2 Å². The normalized spacial score (nSPS) is 10.2. The van der Waals surface area contributed by atoms with Crippen LogP contribution in [0, 0.1) is 5.92 Å². The van der Waals surface area contributed by atoms with Crippen molar-refractivity contribution >= 4 is 17.6 Å². The van der Waals surface area contributed by atoms with Crippen LogP contribution in [0.4, 0.5) is 10.5 Å². The summed E-state index contributed by atoms with van der Waals surface area (Å²) in [4.78, 5) is 23.1. The van der Waals surface area contributed by atoms with Gasteiger partial charge in [-0.05, 0) is 31.4 Å². The Labute approximate surface area is 131 Å². The van der Waals surface area contributed by atoms with Crippen molar-refractivity contribution in [3.63, 3.8) is 0 Å². The Morgan fingerprint density at radius 3 is 2.68 bits per heavy atom. The van der Waals surface area contributed by atoms with Crippen molar-refractivity contribution in [2.24, 2.45) is 5.92 Å². The molecule has 0 saturated heterocycles. The van der Waals surface area contributed by atoms with Crippen LogP contribution in [0.5, 0.6) is 5.75 Å². The highest BCUT2D eigenvalue weighted by Gasteiger charge is 2.05. The molecule has 0 radical (unpaired) electrons.